The lowest BCUT2D eigenvalue weighted by Crippen LogP contribution is -2.19. The fourth-order valence-electron chi connectivity index (χ4n) is 1.62. The number of benzene rings is 1. The summed E-state index contributed by atoms with van der Waals surface area (Å²) < 4.78 is 13.8. The largest absolute Gasteiger partial charge is 0.305 e. The molecule has 1 unspecified atom stereocenters. The van der Waals surface area contributed by atoms with Gasteiger partial charge >= 0.3 is 0 Å². The quantitative estimate of drug-likeness (QED) is 0.928. The van der Waals surface area contributed by atoms with E-state index >= 15 is 0 Å². The van der Waals surface area contributed by atoms with Crippen LogP contribution in [0.4, 0.5) is 4.39 Å². The summed E-state index contributed by atoms with van der Waals surface area (Å²) in [5.41, 5.74) is 2.04. The van der Waals surface area contributed by atoms with Gasteiger partial charge < -0.3 is 5.32 Å². The molecule has 0 spiro atoms. The molecule has 0 saturated carbocycles. The lowest BCUT2D eigenvalue weighted by atomic mass is 10.2. The van der Waals surface area contributed by atoms with Gasteiger partial charge in [0.05, 0.1) is 11.9 Å². The van der Waals surface area contributed by atoms with Crippen LogP contribution in [0.25, 0.3) is 0 Å². The van der Waals surface area contributed by atoms with E-state index in [-0.39, 0.29) is 11.9 Å². The van der Waals surface area contributed by atoms with Crippen molar-refractivity contribution in [1.82, 2.24) is 10.3 Å². The number of hydrogen-bond acceptors (Lipinski definition) is 2. The Hall–Kier alpha value is -1.26. The molecule has 0 aliphatic heterocycles. The molecule has 2 rings (SSSR count). The van der Waals surface area contributed by atoms with Gasteiger partial charge in [-0.3, -0.25) is 4.98 Å². The fraction of sp³-hybridized carbons (Fsp3) is 0.214. The van der Waals surface area contributed by atoms with E-state index in [2.05, 4.69) is 38.4 Å². The highest BCUT2D eigenvalue weighted by atomic mass is 79.9. The molecule has 18 heavy (non-hydrogen) atoms. The minimum absolute atomic E-state index is 0.0919. The third-order valence-electron chi connectivity index (χ3n) is 2.72. The molecule has 2 nitrogen and oxygen atoms in total. The molecule has 0 bridgehead atoms. The van der Waals surface area contributed by atoms with Crippen LogP contribution in [0.5, 0.6) is 0 Å². The first-order chi connectivity index (χ1) is 8.65. The van der Waals surface area contributed by atoms with E-state index in [1.165, 1.54) is 17.8 Å². The highest BCUT2D eigenvalue weighted by molar-refractivity contribution is 9.10. The zero-order valence-electron chi connectivity index (χ0n) is 10.0. The molecule has 4 heteroatoms. The van der Waals surface area contributed by atoms with Crippen molar-refractivity contribution in [2.45, 2.75) is 19.5 Å². The minimum Gasteiger partial charge on any atom is -0.305 e. The molecular weight excluding hydrogens is 295 g/mol. The van der Waals surface area contributed by atoms with Crippen molar-refractivity contribution in [3.05, 3.63) is 64.1 Å². The normalized spacial score (nSPS) is 12.4. The van der Waals surface area contributed by atoms with E-state index < -0.39 is 0 Å². The van der Waals surface area contributed by atoms with Crippen LogP contribution < -0.4 is 5.32 Å². The van der Waals surface area contributed by atoms with Gasteiger partial charge in [-0.2, -0.15) is 0 Å². The molecule has 0 amide bonds. The van der Waals surface area contributed by atoms with Gasteiger partial charge in [-0.15, -0.1) is 0 Å². The summed E-state index contributed by atoms with van der Waals surface area (Å²) in [5, 5.41) is 3.35. The third-order valence-corrected chi connectivity index (χ3v) is 3.25. The van der Waals surface area contributed by atoms with Crippen molar-refractivity contribution in [1.29, 1.82) is 0 Å². The van der Waals surface area contributed by atoms with E-state index in [0.717, 1.165) is 16.7 Å². The molecule has 1 aromatic heterocycles. The van der Waals surface area contributed by atoms with E-state index in [1.54, 1.807) is 6.07 Å². The van der Waals surface area contributed by atoms with Crippen molar-refractivity contribution < 1.29 is 4.39 Å². The van der Waals surface area contributed by atoms with Gasteiger partial charge in [0.1, 0.15) is 5.82 Å². The molecule has 1 heterocycles. The van der Waals surface area contributed by atoms with Gasteiger partial charge in [-0.25, -0.2) is 4.39 Å². The number of nitrogens with one attached hydrogen (secondary N) is 1. The monoisotopic (exact) mass is 308 g/mol. The SMILES string of the molecule is CC(NCc1ccc(Br)cc1)c1ccc(F)cn1. The van der Waals surface area contributed by atoms with E-state index in [4.69, 9.17) is 0 Å². The predicted molar refractivity (Wildman–Crippen MR) is 73.6 cm³/mol. The molecular formula is C14H14BrFN2. The Labute approximate surface area is 114 Å². The number of pyridine rings is 1. The standard InChI is InChI=1S/C14H14BrFN2/c1-10(14-7-6-13(16)9-18-14)17-8-11-2-4-12(15)5-3-11/h2-7,9-10,17H,8H2,1H3. The zero-order chi connectivity index (χ0) is 13.0. The molecule has 1 atom stereocenters. The summed E-state index contributed by atoms with van der Waals surface area (Å²) in [6.45, 7) is 2.77. The smallest absolute Gasteiger partial charge is 0.141 e. The maximum atomic E-state index is 12.8. The second-order valence-electron chi connectivity index (χ2n) is 4.13. The molecule has 1 N–H and O–H groups in total. The van der Waals surface area contributed by atoms with E-state index in [0.29, 0.717) is 0 Å². The summed E-state index contributed by atoms with van der Waals surface area (Å²) in [6.07, 6.45) is 1.24. The van der Waals surface area contributed by atoms with Crippen LogP contribution in [0, 0.1) is 5.82 Å². The Kier molecular flexibility index (Phi) is 4.44. The van der Waals surface area contributed by atoms with Gasteiger partial charge in [0.15, 0.2) is 0 Å². The van der Waals surface area contributed by atoms with Gasteiger partial charge in [-0.1, -0.05) is 28.1 Å². The van der Waals surface area contributed by atoms with Crippen molar-refractivity contribution in [3.8, 4) is 0 Å². The predicted octanol–water partition coefficient (Wildman–Crippen LogP) is 3.83. The second-order valence-corrected chi connectivity index (χ2v) is 5.05. The van der Waals surface area contributed by atoms with Crippen molar-refractivity contribution >= 4 is 15.9 Å². The number of hydrogen-bond donors (Lipinski definition) is 1. The van der Waals surface area contributed by atoms with Crippen LogP contribution >= 0.6 is 15.9 Å². The highest BCUT2D eigenvalue weighted by Gasteiger charge is 2.06. The van der Waals surface area contributed by atoms with Crippen LogP contribution in [0.3, 0.4) is 0 Å². The highest BCUT2D eigenvalue weighted by Crippen LogP contribution is 2.13. The van der Waals surface area contributed by atoms with Crippen LogP contribution in [0.1, 0.15) is 24.2 Å². The number of rotatable bonds is 4. The number of halogens is 2. The second kappa shape index (κ2) is 6.07. The molecule has 94 valence electrons. The maximum absolute atomic E-state index is 12.8. The third kappa shape index (κ3) is 3.62. The topological polar surface area (TPSA) is 24.9 Å². The Balaban J connectivity index is 1.93. The molecule has 0 aliphatic rings. The average molecular weight is 309 g/mol. The molecule has 0 saturated heterocycles. The molecule has 0 aliphatic carbocycles. The van der Waals surface area contributed by atoms with Crippen LogP contribution in [0.2, 0.25) is 0 Å². The first kappa shape index (κ1) is 13.2. The summed E-state index contributed by atoms with van der Waals surface area (Å²) in [7, 11) is 0. The van der Waals surface area contributed by atoms with Crippen LogP contribution in [0.15, 0.2) is 47.1 Å². The lowest BCUT2D eigenvalue weighted by Gasteiger charge is -2.13. The van der Waals surface area contributed by atoms with E-state index in [1.807, 2.05) is 19.1 Å². The van der Waals surface area contributed by atoms with Gasteiger partial charge in [0.25, 0.3) is 0 Å². The first-order valence-electron chi connectivity index (χ1n) is 5.74. The maximum Gasteiger partial charge on any atom is 0.141 e. The zero-order valence-corrected chi connectivity index (χ0v) is 11.6. The summed E-state index contributed by atoms with van der Waals surface area (Å²) in [4.78, 5) is 4.06. The Morgan fingerprint density at radius 2 is 1.94 bits per heavy atom. The fourth-order valence-corrected chi connectivity index (χ4v) is 1.89. The van der Waals surface area contributed by atoms with Crippen molar-refractivity contribution in [3.63, 3.8) is 0 Å². The van der Waals surface area contributed by atoms with Gasteiger partial charge in [0, 0.05) is 17.1 Å². The van der Waals surface area contributed by atoms with Crippen LogP contribution in [-0.4, -0.2) is 4.98 Å². The average Bonchev–Trinajstić information content (AvgIpc) is 2.38. The summed E-state index contributed by atoms with van der Waals surface area (Å²) >= 11 is 3.40. The summed E-state index contributed by atoms with van der Waals surface area (Å²) in [5.74, 6) is -0.307. The van der Waals surface area contributed by atoms with Crippen LogP contribution in [-0.2, 0) is 6.54 Å². The van der Waals surface area contributed by atoms with Gasteiger partial charge in [-0.05, 0) is 36.8 Å². The lowest BCUT2D eigenvalue weighted by molar-refractivity contribution is 0.554. The number of aromatic nitrogens is 1. The Bertz CT molecular complexity index is 496. The first-order valence-corrected chi connectivity index (χ1v) is 6.54. The van der Waals surface area contributed by atoms with Crippen molar-refractivity contribution in [2.24, 2.45) is 0 Å². The molecule has 2 aromatic rings. The Morgan fingerprint density at radius 3 is 2.56 bits per heavy atom. The number of nitrogens with zero attached hydrogens (tertiary/aromatic N) is 1. The summed E-state index contributed by atoms with van der Waals surface area (Å²) in [6, 6.07) is 11.4. The Morgan fingerprint density at radius 1 is 1.22 bits per heavy atom. The van der Waals surface area contributed by atoms with Gasteiger partial charge in [0.2, 0.25) is 0 Å². The van der Waals surface area contributed by atoms with Crippen molar-refractivity contribution in [2.75, 3.05) is 0 Å². The minimum atomic E-state index is -0.307. The van der Waals surface area contributed by atoms with E-state index in [9.17, 15) is 4.39 Å². The molecule has 0 fully saturated rings. The molecule has 0 radical (unpaired) electrons. The molecule has 1 aromatic carbocycles.